The third-order valence-electron chi connectivity index (χ3n) is 4.35. The SMILES string of the molecule is CC(C)CC(CN(C)C)NC(=O)CC(C)C1CCCNC1. The van der Waals surface area contributed by atoms with E-state index < -0.39 is 0 Å². The van der Waals surface area contributed by atoms with Crippen LogP contribution in [0.1, 0.15) is 46.5 Å². The average Bonchev–Trinajstić information content (AvgIpc) is 2.37. The van der Waals surface area contributed by atoms with Gasteiger partial charge in [-0.3, -0.25) is 4.79 Å². The zero-order chi connectivity index (χ0) is 15.8. The highest BCUT2D eigenvalue weighted by atomic mass is 16.1. The van der Waals surface area contributed by atoms with Gasteiger partial charge in [0.25, 0.3) is 0 Å². The number of carbonyl (C=O) groups is 1. The summed E-state index contributed by atoms with van der Waals surface area (Å²) in [5.41, 5.74) is 0. The van der Waals surface area contributed by atoms with E-state index in [9.17, 15) is 4.79 Å². The Morgan fingerprint density at radius 3 is 2.57 bits per heavy atom. The number of piperidine rings is 1. The summed E-state index contributed by atoms with van der Waals surface area (Å²) in [7, 11) is 4.13. The molecule has 4 nitrogen and oxygen atoms in total. The van der Waals surface area contributed by atoms with Crippen LogP contribution in [0.4, 0.5) is 0 Å². The lowest BCUT2D eigenvalue weighted by Crippen LogP contribution is -2.43. The highest BCUT2D eigenvalue weighted by Gasteiger charge is 2.23. The topological polar surface area (TPSA) is 44.4 Å². The molecule has 1 rings (SSSR count). The molecular formula is C17H35N3O. The van der Waals surface area contributed by atoms with Gasteiger partial charge in [-0.05, 0) is 64.2 Å². The van der Waals surface area contributed by atoms with Gasteiger partial charge in [0.2, 0.25) is 5.91 Å². The molecule has 0 aromatic rings. The van der Waals surface area contributed by atoms with Crippen LogP contribution in [0.2, 0.25) is 0 Å². The maximum Gasteiger partial charge on any atom is 0.220 e. The van der Waals surface area contributed by atoms with Crippen molar-refractivity contribution in [3.05, 3.63) is 0 Å². The van der Waals surface area contributed by atoms with Gasteiger partial charge in [0, 0.05) is 19.0 Å². The Bertz CT molecular complexity index is 288. The van der Waals surface area contributed by atoms with Crippen molar-refractivity contribution in [3.8, 4) is 0 Å². The molecule has 1 fully saturated rings. The van der Waals surface area contributed by atoms with E-state index >= 15 is 0 Å². The quantitative estimate of drug-likeness (QED) is 0.721. The van der Waals surface area contributed by atoms with E-state index in [4.69, 9.17) is 0 Å². The van der Waals surface area contributed by atoms with Gasteiger partial charge in [0.15, 0.2) is 0 Å². The van der Waals surface area contributed by atoms with Crippen LogP contribution in [0.5, 0.6) is 0 Å². The molecular weight excluding hydrogens is 262 g/mol. The van der Waals surface area contributed by atoms with Crippen LogP contribution in [0.15, 0.2) is 0 Å². The molecule has 0 radical (unpaired) electrons. The fourth-order valence-corrected chi connectivity index (χ4v) is 3.30. The predicted octanol–water partition coefficient (Wildman–Crippen LogP) is 2.10. The summed E-state index contributed by atoms with van der Waals surface area (Å²) in [6.07, 6.45) is 4.21. The number of rotatable bonds is 8. The molecule has 1 amide bonds. The van der Waals surface area contributed by atoms with Crippen LogP contribution in [0, 0.1) is 17.8 Å². The Labute approximate surface area is 131 Å². The summed E-state index contributed by atoms with van der Waals surface area (Å²) < 4.78 is 0. The first-order valence-corrected chi connectivity index (χ1v) is 8.53. The molecule has 4 heteroatoms. The van der Waals surface area contributed by atoms with E-state index in [0.717, 1.165) is 26.1 Å². The van der Waals surface area contributed by atoms with E-state index in [1.165, 1.54) is 12.8 Å². The van der Waals surface area contributed by atoms with Gasteiger partial charge in [0.05, 0.1) is 0 Å². The van der Waals surface area contributed by atoms with E-state index in [1.54, 1.807) is 0 Å². The van der Waals surface area contributed by atoms with Crippen molar-refractivity contribution in [2.24, 2.45) is 17.8 Å². The zero-order valence-corrected chi connectivity index (χ0v) is 14.6. The van der Waals surface area contributed by atoms with Gasteiger partial charge in [-0.15, -0.1) is 0 Å². The molecule has 124 valence electrons. The maximum absolute atomic E-state index is 12.3. The second-order valence-corrected chi connectivity index (χ2v) is 7.44. The first-order chi connectivity index (χ1) is 9.88. The molecule has 0 aliphatic carbocycles. The third-order valence-corrected chi connectivity index (χ3v) is 4.35. The molecule has 21 heavy (non-hydrogen) atoms. The normalized spacial score (nSPS) is 22.3. The van der Waals surface area contributed by atoms with Crippen molar-refractivity contribution >= 4 is 5.91 Å². The second-order valence-electron chi connectivity index (χ2n) is 7.44. The van der Waals surface area contributed by atoms with Crippen LogP contribution < -0.4 is 10.6 Å². The van der Waals surface area contributed by atoms with Gasteiger partial charge in [-0.1, -0.05) is 20.8 Å². The van der Waals surface area contributed by atoms with Crippen LogP contribution >= 0.6 is 0 Å². The molecule has 0 saturated carbocycles. The minimum Gasteiger partial charge on any atom is -0.352 e. The highest BCUT2D eigenvalue weighted by Crippen LogP contribution is 2.22. The predicted molar refractivity (Wildman–Crippen MR) is 89.3 cm³/mol. The van der Waals surface area contributed by atoms with Crippen molar-refractivity contribution in [1.82, 2.24) is 15.5 Å². The first-order valence-electron chi connectivity index (χ1n) is 8.53. The van der Waals surface area contributed by atoms with E-state index in [0.29, 0.717) is 24.2 Å². The summed E-state index contributed by atoms with van der Waals surface area (Å²) >= 11 is 0. The molecule has 1 aliphatic heterocycles. The molecule has 3 unspecified atom stereocenters. The highest BCUT2D eigenvalue weighted by molar-refractivity contribution is 5.76. The van der Waals surface area contributed by atoms with Crippen LogP contribution in [0.3, 0.4) is 0 Å². The van der Waals surface area contributed by atoms with Crippen molar-refractivity contribution < 1.29 is 4.79 Å². The summed E-state index contributed by atoms with van der Waals surface area (Å²) in [4.78, 5) is 14.5. The largest absolute Gasteiger partial charge is 0.352 e. The number of hydrogen-bond acceptors (Lipinski definition) is 3. The number of nitrogens with one attached hydrogen (secondary N) is 2. The molecule has 0 spiro atoms. The summed E-state index contributed by atoms with van der Waals surface area (Å²) in [5, 5.41) is 6.69. The van der Waals surface area contributed by atoms with Gasteiger partial charge >= 0.3 is 0 Å². The minimum absolute atomic E-state index is 0.223. The van der Waals surface area contributed by atoms with Crippen LogP contribution in [0.25, 0.3) is 0 Å². The van der Waals surface area contributed by atoms with E-state index in [2.05, 4.69) is 50.4 Å². The number of carbonyl (C=O) groups excluding carboxylic acids is 1. The van der Waals surface area contributed by atoms with E-state index in [-0.39, 0.29) is 11.9 Å². The minimum atomic E-state index is 0.223. The molecule has 0 bridgehead atoms. The number of amides is 1. The van der Waals surface area contributed by atoms with Crippen LogP contribution in [-0.2, 0) is 4.79 Å². The zero-order valence-electron chi connectivity index (χ0n) is 14.6. The van der Waals surface area contributed by atoms with Gasteiger partial charge in [-0.2, -0.15) is 0 Å². The lowest BCUT2D eigenvalue weighted by molar-refractivity contribution is -0.123. The lowest BCUT2D eigenvalue weighted by Gasteiger charge is -2.29. The molecule has 1 saturated heterocycles. The van der Waals surface area contributed by atoms with Crippen LogP contribution in [-0.4, -0.2) is 50.6 Å². The number of nitrogens with zero attached hydrogens (tertiary/aromatic N) is 1. The summed E-state index contributed by atoms with van der Waals surface area (Å²) in [6.45, 7) is 9.77. The third kappa shape index (κ3) is 7.82. The molecule has 1 aliphatic rings. The van der Waals surface area contributed by atoms with Crippen molar-refractivity contribution in [2.75, 3.05) is 33.7 Å². The Balaban J connectivity index is 2.40. The fraction of sp³-hybridized carbons (Fsp3) is 0.941. The number of hydrogen-bond donors (Lipinski definition) is 2. The smallest absolute Gasteiger partial charge is 0.220 e. The summed E-state index contributed by atoms with van der Waals surface area (Å²) in [5.74, 6) is 1.95. The Morgan fingerprint density at radius 2 is 2.05 bits per heavy atom. The number of likely N-dealkylation sites (N-methyl/N-ethyl adjacent to an activating group) is 1. The molecule has 0 aromatic carbocycles. The Morgan fingerprint density at radius 1 is 1.33 bits per heavy atom. The Kier molecular flexibility index (Phi) is 8.27. The molecule has 1 heterocycles. The standard InChI is InChI=1S/C17H35N3O/c1-13(2)9-16(12-20(4)5)19-17(21)10-14(3)15-7-6-8-18-11-15/h13-16,18H,6-12H2,1-5H3,(H,19,21). The van der Waals surface area contributed by atoms with Crippen molar-refractivity contribution in [1.29, 1.82) is 0 Å². The van der Waals surface area contributed by atoms with Crippen molar-refractivity contribution in [3.63, 3.8) is 0 Å². The first kappa shape index (κ1) is 18.4. The molecule has 0 aromatic heterocycles. The Hall–Kier alpha value is -0.610. The van der Waals surface area contributed by atoms with Gasteiger partial charge in [-0.25, -0.2) is 0 Å². The summed E-state index contributed by atoms with van der Waals surface area (Å²) in [6, 6.07) is 0.268. The molecule has 3 atom stereocenters. The monoisotopic (exact) mass is 297 g/mol. The van der Waals surface area contributed by atoms with Crippen molar-refractivity contribution in [2.45, 2.75) is 52.5 Å². The molecule has 2 N–H and O–H groups in total. The van der Waals surface area contributed by atoms with Gasteiger partial charge < -0.3 is 15.5 Å². The fourth-order valence-electron chi connectivity index (χ4n) is 3.30. The van der Waals surface area contributed by atoms with Gasteiger partial charge in [0.1, 0.15) is 0 Å². The maximum atomic E-state index is 12.3. The van der Waals surface area contributed by atoms with E-state index in [1.807, 2.05) is 0 Å². The second kappa shape index (κ2) is 9.42. The average molecular weight is 297 g/mol. The lowest BCUT2D eigenvalue weighted by atomic mass is 9.85.